The van der Waals surface area contributed by atoms with Gasteiger partial charge in [-0.15, -0.1) is 23.7 Å². The highest BCUT2D eigenvalue weighted by molar-refractivity contribution is 7.93. The molecule has 4 rings (SSSR count). The number of nitrogens with zero attached hydrogens (tertiary/aromatic N) is 2. The number of carbonyl (C=O) groups excluding carboxylic acids is 1. The first-order chi connectivity index (χ1) is 14.4. The molecule has 2 aromatic carbocycles. The van der Waals surface area contributed by atoms with Crippen LogP contribution in [-0.2, 0) is 21.2 Å². The first kappa shape index (κ1) is 23.3. The molecule has 0 aliphatic carbocycles. The third-order valence-corrected chi connectivity index (χ3v) is 8.17. The van der Waals surface area contributed by atoms with Gasteiger partial charge in [-0.05, 0) is 43.8 Å². The molecule has 0 unspecified atom stereocenters. The number of sulfone groups is 1. The van der Waals surface area contributed by atoms with Gasteiger partial charge in [0, 0.05) is 30.8 Å². The predicted octanol–water partition coefficient (Wildman–Crippen LogP) is 4.05. The maximum Gasteiger partial charge on any atom is 0.227 e. The topological polar surface area (TPSA) is 79.4 Å². The summed E-state index contributed by atoms with van der Waals surface area (Å²) in [5.41, 5.74) is 0.789. The van der Waals surface area contributed by atoms with Crippen LogP contribution in [0, 0.1) is 5.82 Å². The largest absolute Gasteiger partial charge is 0.314 e. The van der Waals surface area contributed by atoms with Crippen molar-refractivity contribution in [3.8, 4) is 11.3 Å². The standard InChI is InChI=1S/C21H20FN3O3S2.ClH/c1-23-13-18-24-20(16-8-2-3-9-17(16)22)21(29-18)30(27,28)15-7-4-6-14(12-15)25-11-5-10-19(25)26;/h2-4,6-9,12,23H,5,10-11,13H2,1H3;1H. The Balaban J connectivity index is 0.00000272. The molecule has 2 heterocycles. The number of thiazole rings is 1. The molecule has 3 aromatic rings. The van der Waals surface area contributed by atoms with Crippen LogP contribution in [0.3, 0.4) is 0 Å². The Labute approximate surface area is 190 Å². The van der Waals surface area contributed by atoms with Gasteiger partial charge < -0.3 is 10.2 Å². The van der Waals surface area contributed by atoms with E-state index >= 15 is 0 Å². The second-order valence-electron chi connectivity index (χ2n) is 6.90. The number of carbonyl (C=O) groups is 1. The predicted molar refractivity (Wildman–Crippen MR) is 121 cm³/mol. The van der Waals surface area contributed by atoms with Crippen LogP contribution in [-0.4, -0.2) is 32.9 Å². The molecule has 0 radical (unpaired) electrons. The maximum absolute atomic E-state index is 14.5. The molecular weight excluding hydrogens is 461 g/mol. The highest BCUT2D eigenvalue weighted by Gasteiger charge is 2.29. The number of halogens is 2. The van der Waals surface area contributed by atoms with Crippen LogP contribution in [0.5, 0.6) is 0 Å². The maximum atomic E-state index is 14.5. The minimum Gasteiger partial charge on any atom is -0.314 e. The summed E-state index contributed by atoms with van der Waals surface area (Å²) >= 11 is 1.02. The van der Waals surface area contributed by atoms with E-state index < -0.39 is 15.7 Å². The number of nitrogens with one attached hydrogen (secondary N) is 1. The van der Waals surface area contributed by atoms with E-state index in [1.165, 1.54) is 24.3 Å². The SMILES string of the molecule is CNCc1nc(-c2ccccc2F)c(S(=O)(=O)c2cccc(N3CCCC3=O)c2)s1.Cl. The quantitative estimate of drug-likeness (QED) is 0.574. The average Bonchev–Trinajstić information content (AvgIpc) is 3.35. The van der Waals surface area contributed by atoms with E-state index in [0.717, 1.165) is 17.8 Å². The Morgan fingerprint density at radius 2 is 1.97 bits per heavy atom. The summed E-state index contributed by atoms with van der Waals surface area (Å²) < 4.78 is 41.5. The van der Waals surface area contributed by atoms with Crippen LogP contribution in [0.4, 0.5) is 10.1 Å². The third kappa shape index (κ3) is 4.50. The summed E-state index contributed by atoms with van der Waals surface area (Å²) in [4.78, 5) is 18.1. The zero-order valence-electron chi connectivity index (χ0n) is 16.7. The molecule has 0 bridgehead atoms. The van der Waals surface area contributed by atoms with E-state index in [1.807, 2.05) is 0 Å². The number of aromatic nitrogens is 1. The highest BCUT2D eigenvalue weighted by Crippen LogP contribution is 2.38. The lowest BCUT2D eigenvalue weighted by Gasteiger charge is -2.16. The van der Waals surface area contributed by atoms with Gasteiger partial charge in [-0.25, -0.2) is 17.8 Å². The Morgan fingerprint density at radius 3 is 2.65 bits per heavy atom. The molecule has 0 atom stereocenters. The number of benzene rings is 2. The van der Waals surface area contributed by atoms with Crippen molar-refractivity contribution in [2.45, 2.75) is 28.5 Å². The molecule has 1 aliphatic heterocycles. The first-order valence-electron chi connectivity index (χ1n) is 9.46. The smallest absolute Gasteiger partial charge is 0.227 e. The second-order valence-corrected chi connectivity index (χ2v) is 10.1. The van der Waals surface area contributed by atoms with Crippen molar-refractivity contribution < 1.29 is 17.6 Å². The third-order valence-electron chi connectivity index (χ3n) is 4.85. The van der Waals surface area contributed by atoms with Gasteiger partial charge in [-0.3, -0.25) is 4.79 Å². The van der Waals surface area contributed by atoms with Gasteiger partial charge in [0.1, 0.15) is 16.5 Å². The van der Waals surface area contributed by atoms with Crippen LogP contribution in [0.25, 0.3) is 11.3 Å². The van der Waals surface area contributed by atoms with Crippen LogP contribution in [0.2, 0.25) is 0 Å². The van der Waals surface area contributed by atoms with E-state index in [2.05, 4.69) is 10.3 Å². The minimum absolute atomic E-state index is 0. The van der Waals surface area contributed by atoms with Crippen molar-refractivity contribution in [3.63, 3.8) is 0 Å². The lowest BCUT2D eigenvalue weighted by atomic mass is 10.1. The van der Waals surface area contributed by atoms with Crippen molar-refractivity contribution in [2.24, 2.45) is 0 Å². The normalized spacial score (nSPS) is 14.0. The fraction of sp³-hybridized carbons (Fsp3) is 0.238. The summed E-state index contributed by atoms with van der Waals surface area (Å²) in [7, 11) is -2.25. The summed E-state index contributed by atoms with van der Waals surface area (Å²) in [5.74, 6) is -0.558. The van der Waals surface area contributed by atoms with Crippen molar-refractivity contribution in [3.05, 3.63) is 59.4 Å². The van der Waals surface area contributed by atoms with Gasteiger partial charge in [0.15, 0.2) is 4.21 Å². The Hall–Kier alpha value is -2.33. The monoisotopic (exact) mass is 481 g/mol. The van der Waals surface area contributed by atoms with Crippen molar-refractivity contribution >= 4 is 45.2 Å². The zero-order chi connectivity index (χ0) is 21.3. The summed E-state index contributed by atoms with van der Waals surface area (Å²) in [6, 6.07) is 12.3. The highest BCUT2D eigenvalue weighted by atomic mass is 35.5. The average molecular weight is 482 g/mol. The number of hydrogen-bond donors (Lipinski definition) is 1. The fourth-order valence-electron chi connectivity index (χ4n) is 3.43. The molecule has 1 saturated heterocycles. The van der Waals surface area contributed by atoms with Crippen LogP contribution < -0.4 is 10.2 Å². The Kier molecular flexibility index (Phi) is 7.10. The van der Waals surface area contributed by atoms with Gasteiger partial charge in [-0.2, -0.15) is 0 Å². The van der Waals surface area contributed by atoms with Gasteiger partial charge >= 0.3 is 0 Å². The van der Waals surface area contributed by atoms with E-state index in [4.69, 9.17) is 0 Å². The fourth-order valence-corrected chi connectivity index (χ4v) is 6.42. The minimum atomic E-state index is -3.98. The summed E-state index contributed by atoms with van der Waals surface area (Å²) in [5, 5.41) is 3.49. The van der Waals surface area contributed by atoms with Crippen LogP contribution in [0.15, 0.2) is 57.6 Å². The van der Waals surface area contributed by atoms with Gasteiger partial charge in [0.2, 0.25) is 15.7 Å². The molecule has 0 saturated carbocycles. The molecule has 0 spiro atoms. The summed E-state index contributed by atoms with van der Waals surface area (Å²) in [6.45, 7) is 0.930. The van der Waals surface area contributed by atoms with Crippen molar-refractivity contribution in [2.75, 3.05) is 18.5 Å². The molecular formula is C21H21ClFN3O3S2. The zero-order valence-corrected chi connectivity index (χ0v) is 19.1. The summed E-state index contributed by atoms with van der Waals surface area (Å²) in [6.07, 6.45) is 1.20. The number of hydrogen-bond acceptors (Lipinski definition) is 6. The molecule has 10 heteroatoms. The lowest BCUT2D eigenvalue weighted by molar-refractivity contribution is -0.117. The van der Waals surface area contributed by atoms with Crippen LogP contribution >= 0.6 is 23.7 Å². The molecule has 1 N–H and O–H groups in total. The van der Waals surface area contributed by atoms with E-state index in [0.29, 0.717) is 30.2 Å². The number of rotatable bonds is 6. The van der Waals surface area contributed by atoms with Crippen LogP contribution in [0.1, 0.15) is 17.8 Å². The number of anilines is 1. The molecule has 164 valence electrons. The molecule has 1 aliphatic rings. The lowest BCUT2D eigenvalue weighted by Crippen LogP contribution is -2.23. The Bertz CT molecular complexity index is 1210. The van der Waals surface area contributed by atoms with Gasteiger partial charge in [0.05, 0.1) is 4.90 Å². The van der Waals surface area contributed by atoms with Gasteiger partial charge in [0.25, 0.3) is 0 Å². The number of amides is 1. The molecule has 1 fully saturated rings. The molecule has 1 aromatic heterocycles. The van der Waals surface area contributed by atoms with E-state index in [1.54, 1.807) is 36.2 Å². The molecule has 1 amide bonds. The van der Waals surface area contributed by atoms with Crippen molar-refractivity contribution in [1.29, 1.82) is 0 Å². The van der Waals surface area contributed by atoms with E-state index in [-0.39, 0.29) is 38.7 Å². The van der Waals surface area contributed by atoms with Gasteiger partial charge in [-0.1, -0.05) is 18.2 Å². The second kappa shape index (κ2) is 9.44. The van der Waals surface area contributed by atoms with E-state index in [9.17, 15) is 17.6 Å². The van der Waals surface area contributed by atoms with Crippen molar-refractivity contribution in [1.82, 2.24) is 10.3 Å². The molecule has 6 nitrogen and oxygen atoms in total. The molecule has 31 heavy (non-hydrogen) atoms. The Morgan fingerprint density at radius 1 is 1.19 bits per heavy atom. The first-order valence-corrected chi connectivity index (χ1v) is 11.8.